The average Bonchev–Trinajstić information content (AvgIpc) is 3.60. The molecular formula is C27H19F5N6O3S. The monoisotopic (exact) mass is 602 g/mol. The highest BCUT2D eigenvalue weighted by Crippen LogP contribution is 2.54. The number of hydrogen-bond acceptors (Lipinski definition) is 8. The number of anilines is 4. The summed E-state index contributed by atoms with van der Waals surface area (Å²) in [5.74, 6) is -4.19. The van der Waals surface area contributed by atoms with E-state index in [4.69, 9.17) is 0 Å². The lowest BCUT2D eigenvalue weighted by Crippen LogP contribution is -2.27. The number of nitrogens with zero attached hydrogens (tertiary/aromatic N) is 4. The van der Waals surface area contributed by atoms with Crippen LogP contribution >= 0.6 is 11.3 Å². The minimum absolute atomic E-state index is 0.109. The maximum atomic E-state index is 15.3. The number of hydrogen-bond donors (Lipinski definition) is 3. The van der Waals surface area contributed by atoms with E-state index in [0.29, 0.717) is 21.6 Å². The lowest BCUT2D eigenvalue weighted by molar-refractivity contribution is -0.159. The molecule has 9 nitrogen and oxygen atoms in total. The van der Waals surface area contributed by atoms with Crippen molar-refractivity contribution in [1.82, 2.24) is 15.1 Å². The average molecular weight is 603 g/mol. The van der Waals surface area contributed by atoms with Gasteiger partial charge in [-0.05, 0) is 30.3 Å². The molecule has 0 radical (unpaired) electrons. The van der Waals surface area contributed by atoms with Crippen molar-refractivity contribution in [3.63, 3.8) is 0 Å². The van der Waals surface area contributed by atoms with Gasteiger partial charge in [0.15, 0.2) is 5.13 Å². The Morgan fingerprint density at radius 1 is 1.10 bits per heavy atom. The molecule has 2 aromatic heterocycles. The van der Waals surface area contributed by atoms with Crippen LogP contribution in [-0.2, 0) is 11.6 Å². The van der Waals surface area contributed by atoms with E-state index in [2.05, 4.69) is 30.3 Å². The van der Waals surface area contributed by atoms with Gasteiger partial charge in [-0.2, -0.15) is 18.2 Å². The summed E-state index contributed by atoms with van der Waals surface area (Å²) in [6.45, 7) is 3.58. The highest BCUT2D eigenvalue weighted by Gasteiger charge is 2.44. The quantitative estimate of drug-likeness (QED) is 0.183. The number of amides is 2. The molecule has 0 fully saturated rings. The molecule has 2 amide bonds. The first kappa shape index (κ1) is 27.4. The summed E-state index contributed by atoms with van der Waals surface area (Å²) in [6, 6.07) is 10.8. The molecule has 3 aromatic carbocycles. The summed E-state index contributed by atoms with van der Waals surface area (Å²) in [5.41, 5.74) is 0.209. The summed E-state index contributed by atoms with van der Waals surface area (Å²) in [7, 11) is 0. The Morgan fingerprint density at radius 2 is 1.86 bits per heavy atom. The van der Waals surface area contributed by atoms with Gasteiger partial charge in [-0.25, -0.2) is 18.6 Å². The highest BCUT2D eigenvalue weighted by atomic mass is 32.1. The molecule has 216 valence electrons. The van der Waals surface area contributed by atoms with Gasteiger partial charge in [-0.15, -0.1) is 0 Å². The number of alkyl halides is 3. The molecule has 1 aliphatic heterocycles. The van der Waals surface area contributed by atoms with E-state index in [0.717, 1.165) is 17.4 Å². The van der Waals surface area contributed by atoms with Crippen molar-refractivity contribution in [3.05, 3.63) is 71.6 Å². The Hall–Kier alpha value is -4.79. The lowest BCUT2D eigenvalue weighted by Gasteiger charge is -2.25. The number of carbonyl (C=O) groups excluding carboxylic acids is 1. The fourth-order valence-electron chi connectivity index (χ4n) is 4.99. The highest BCUT2D eigenvalue weighted by molar-refractivity contribution is 7.22. The van der Waals surface area contributed by atoms with Crippen molar-refractivity contribution in [1.29, 1.82) is 0 Å². The number of benzene rings is 3. The van der Waals surface area contributed by atoms with Gasteiger partial charge in [0.2, 0.25) is 5.82 Å². The Kier molecular flexibility index (Phi) is 6.29. The van der Waals surface area contributed by atoms with Crippen LogP contribution in [0.2, 0.25) is 0 Å². The number of para-hydroxylation sites is 2. The molecule has 5 aromatic rings. The van der Waals surface area contributed by atoms with Gasteiger partial charge in [0, 0.05) is 23.6 Å². The van der Waals surface area contributed by atoms with E-state index >= 15 is 4.39 Å². The first-order chi connectivity index (χ1) is 19.8. The number of aromatic nitrogens is 3. The van der Waals surface area contributed by atoms with E-state index in [1.54, 1.807) is 43.0 Å². The van der Waals surface area contributed by atoms with Crippen molar-refractivity contribution in [2.75, 3.05) is 22.1 Å². The molecule has 1 aliphatic rings. The third kappa shape index (κ3) is 4.74. The lowest BCUT2D eigenvalue weighted by atomic mass is 9.83. The van der Waals surface area contributed by atoms with Gasteiger partial charge in [-0.3, -0.25) is 5.32 Å². The summed E-state index contributed by atoms with van der Waals surface area (Å²) >= 11 is 1.08. The first-order valence-electron chi connectivity index (χ1n) is 12.3. The fourth-order valence-corrected chi connectivity index (χ4v) is 5.88. The maximum Gasteiger partial charge on any atom is 0.471 e. The largest absolute Gasteiger partial charge is 0.506 e. The molecule has 42 heavy (non-hydrogen) atoms. The summed E-state index contributed by atoms with van der Waals surface area (Å²) in [5, 5.41) is 19.8. The van der Waals surface area contributed by atoms with Crippen LogP contribution in [0, 0.1) is 11.6 Å². The van der Waals surface area contributed by atoms with Crippen molar-refractivity contribution < 1.29 is 36.4 Å². The molecular weight excluding hydrogens is 583 g/mol. The topological polar surface area (TPSA) is 116 Å². The van der Waals surface area contributed by atoms with Crippen molar-refractivity contribution in [3.8, 4) is 17.1 Å². The molecule has 0 bridgehead atoms. The summed E-state index contributed by atoms with van der Waals surface area (Å²) < 4.78 is 73.1. The second-order valence-electron chi connectivity index (χ2n) is 10.1. The minimum atomic E-state index is -4.93. The van der Waals surface area contributed by atoms with Crippen LogP contribution in [0.15, 0.2) is 53.1 Å². The molecule has 0 atom stereocenters. The Balaban J connectivity index is 1.36. The van der Waals surface area contributed by atoms with Gasteiger partial charge in [0.25, 0.3) is 0 Å². The fraction of sp³-hybridized carbons (Fsp3) is 0.185. The molecule has 6 rings (SSSR count). The molecule has 3 N–H and O–H groups in total. The molecule has 0 aliphatic carbocycles. The molecule has 3 heterocycles. The Morgan fingerprint density at radius 3 is 2.60 bits per heavy atom. The summed E-state index contributed by atoms with van der Waals surface area (Å²) in [4.78, 5) is 22.2. The van der Waals surface area contributed by atoms with Crippen molar-refractivity contribution >= 4 is 49.8 Å². The number of phenols is 1. The van der Waals surface area contributed by atoms with Gasteiger partial charge in [0.05, 0.1) is 32.8 Å². The maximum absolute atomic E-state index is 15.3. The van der Waals surface area contributed by atoms with Gasteiger partial charge in [0.1, 0.15) is 17.4 Å². The van der Waals surface area contributed by atoms with Crippen LogP contribution in [0.3, 0.4) is 0 Å². The zero-order valence-corrected chi connectivity index (χ0v) is 22.5. The Labute approximate surface area is 237 Å². The third-order valence-electron chi connectivity index (χ3n) is 6.64. The zero-order chi connectivity index (χ0) is 30.0. The summed E-state index contributed by atoms with van der Waals surface area (Å²) in [6.07, 6.45) is -4.93. The molecule has 0 unspecified atom stereocenters. The van der Waals surface area contributed by atoms with E-state index in [9.17, 15) is 27.5 Å². The minimum Gasteiger partial charge on any atom is -0.506 e. The number of halogens is 5. The number of phenolic OH excluding ortho intramolecular Hbond substituents is 1. The van der Waals surface area contributed by atoms with E-state index in [1.807, 2.05) is 0 Å². The predicted octanol–water partition coefficient (Wildman–Crippen LogP) is 7.42. The number of carbonyl (C=O) groups is 1. The van der Waals surface area contributed by atoms with Crippen LogP contribution in [0.1, 0.15) is 25.3 Å². The second-order valence-corrected chi connectivity index (χ2v) is 11.1. The number of urea groups is 1. The molecule has 15 heteroatoms. The van der Waals surface area contributed by atoms with Gasteiger partial charge < -0.3 is 19.8 Å². The smallest absolute Gasteiger partial charge is 0.471 e. The molecule has 0 saturated carbocycles. The number of aromatic hydroxyl groups is 1. The Bertz CT molecular complexity index is 1870. The van der Waals surface area contributed by atoms with E-state index in [1.165, 1.54) is 18.2 Å². The van der Waals surface area contributed by atoms with Crippen LogP contribution in [0.4, 0.5) is 48.9 Å². The van der Waals surface area contributed by atoms with Crippen molar-refractivity contribution in [2.24, 2.45) is 0 Å². The number of nitrogens with one attached hydrogen (secondary N) is 2. The normalized spacial score (nSPS) is 14.3. The van der Waals surface area contributed by atoms with E-state index in [-0.39, 0.29) is 28.5 Å². The van der Waals surface area contributed by atoms with E-state index < -0.39 is 46.7 Å². The van der Waals surface area contributed by atoms with Crippen molar-refractivity contribution in [2.45, 2.75) is 25.4 Å². The van der Waals surface area contributed by atoms with Crippen LogP contribution < -0.4 is 15.5 Å². The second kappa shape index (κ2) is 9.65. The van der Waals surface area contributed by atoms with Crippen LogP contribution in [0.25, 0.3) is 21.6 Å². The standard InChI is InChI=1S/C27H19F5N6O3S/c1-26(2)11-38(21-17(39)10-13(29)19(20(21)26)22-35-23(41-37-22)27(30,31)32)16-6-4-3-5-14(16)33-24(40)36-25-34-15-8-7-12(28)9-18(15)42-25/h3-10,39H,11H2,1-2H3,(H2,33,34,36,40). The number of fused-ring (bicyclic) bond motifs is 2. The molecule has 0 saturated heterocycles. The van der Waals surface area contributed by atoms with Gasteiger partial charge >= 0.3 is 18.1 Å². The first-order valence-corrected chi connectivity index (χ1v) is 13.1. The SMILES string of the molecule is CC1(C)CN(c2ccccc2NC(=O)Nc2nc3ccc(F)cc3s2)c2c(O)cc(F)c(-c3noc(C(F)(F)F)n3)c21. The van der Waals surface area contributed by atoms with Crippen LogP contribution in [-0.4, -0.2) is 32.8 Å². The van der Waals surface area contributed by atoms with Gasteiger partial charge in [-0.1, -0.05) is 42.5 Å². The number of thiazole rings is 1. The number of rotatable bonds is 4. The molecule has 0 spiro atoms. The van der Waals surface area contributed by atoms with Crippen LogP contribution in [0.5, 0.6) is 5.75 Å². The predicted molar refractivity (Wildman–Crippen MR) is 145 cm³/mol. The third-order valence-corrected chi connectivity index (χ3v) is 7.57. The zero-order valence-electron chi connectivity index (χ0n) is 21.7.